The summed E-state index contributed by atoms with van der Waals surface area (Å²) in [7, 11) is 0. The molecule has 0 radical (unpaired) electrons. The molecule has 4 rings (SSSR count). The number of anilines is 1. The second-order valence-electron chi connectivity index (χ2n) is 6.36. The molecule has 1 aromatic heterocycles. The van der Waals surface area contributed by atoms with Gasteiger partial charge in [-0.2, -0.15) is 0 Å². The standard InChI is InChI=1S/C17H23N3O/c1-2-20-9-7-13(8-10-20)18-14-5-6-16-15(11-14)19-17(21-16)12-3-4-12/h5-6,11-13,18H,2-4,7-10H2,1H3. The molecule has 0 atom stereocenters. The maximum absolute atomic E-state index is 5.82. The van der Waals surface area contributed by atoms with Crippen molar-refractivity contribution in [3.8, 4) is 0 Å². The minimum Gasteiger partial charge on any atom is -0.440 e. The number of nitrogens with zero attached hydrogens (tertiary/aromatic N) is 2. The van der Waals surface area contributed by atoms with E-state index in [-0.39, 0.29) is 0 Å². The van der Waals surface area contributed by atoms with Gasteiger partial charge in [-0.1, -0.05) is 6.92 Å². The van der Waals surface area contributed by atoms with E-state index < -0.39 is 0 Å². The topological polar surface area (TPSA) is 41.3 Å². The van der Waals surface area contributed by atoms with E-state index in [0.717, 1.165) is 17.0 Å². The van der Waals surface area contributed by atoms with Crippen molar-refractivity contribution in [2.45, 2.75) is 44.6 Å². The zero-order valence-corrected chi connectivity index (χ0v) is 12.6. The fraction of sp³-hybridized carbons (Fsp3) is 0.588. The van der Waals surface area contributed by atoms with Crippen LogP contribution in [0.5, 0.6) is 0 Å². The highest BCUT2D eigenvalue weighted by molar-refractivity contribution is 5.77. The lowest BCUT2D eigenvalue weighted by Gasteiger charge is -2.32. The number of piperidine rings is 1. The summed E-state index contributed by atoms with van der Waals surface area (Å²) in [6, 6.07) is 6.89. The molecule has 1 aromatic carbocycles. The Hall–Kier alpha value is -1.55. The molecule has 0 bridgehead atoms. The fourth-order valence-corrected chi connectivity index (χ4v) is 3.17. The summed E-state index contributed by atoms with van der Waals surface area (Å²) in [5.74, 6) is 1.51. The highest BCUT2D eigenvalue weighted by atomic mass is 16.3. The fourth-order valence-electron chi connectivity index (χ4n) is 3.17. The average Bonchev–Trinajstić information content (AvgIpc) is 3.28. The van der Waals surface area contributed by atoms with Gasteiger partial charge in [0.25, 0.3) is 0 Å². The number of hydrogen-bond acceptors (Lipinski definition) is 4. The monoisotopic (exact) mass is 285 g/mol. The van der Waals surface area contributed by atoms with E-state index in [1.54, 1.807) is 0 Å². The van der Waals surface area contributed by atoms with E-state index in [0.29, 0.717) is 12.0 Å². The van der Waals surface area contributed by atoms with Crippen LogP contribution >= 0.6 is 0 Å². The lowest BCUT2D eigenvalue weighted by Crippen LogP contribution is -2.38. The van der Waals surface area contributed by atoms with Crippen LogP contribution in [0.2, 0.25) is 0 Å². The Labute approximate surface area is 125 Å². The Morgan fingerprint density at radius 3 is 2.76 bits per heavy atom. The minimum absolute atomic E-state index is 0.576. The van der Waals surface area contributed by atoms with Crippen molar-refractivity contribution >= 4 is 16.8 Å². The van der Waals surface area contributed by atoms with E-state index in [4.69, 9.17) is 4.42 Å². The van der Waals surface area contributed by atoms with Gasteiger partial charge in [-0.25, -0.2) is 4.98 Å². The zero-order chi connectivity index (χ0) is 14.2. The number of hydrogen-bond donors (Lipinski definition) is 1. The quantitative estimate of drug-likeness (QED) is 0.932. The van der Waals surface area contributed by atoms with E-state index in [2.05, 4.69) is 40.3 Å². The van der Waals surface area contributed by atoms with Gasteiger partial charge >= 0.3 is 0 Å². The summed E-state index contributed by atoms with van der Waals surface area (Å²) in [6.07, 6.45) is 4.90. The van der Waals surface area contributed by atoms with Gasteiger partial charge in [0.05, 0.1) is 0 Å². The number of likely N-dealkylation sites (tertiary alicyclic amines) is 1. The minimum atomic E-state index is 0.576. The van der Waals surface area contributed by atoms with Crippen molar-refractivity contribution in [3.05, 3.63) is 24.1 Å². The predicted octanol–water partition coefficient (Wildman–Crippen LogP) is 3.60. The molecule has 0 amide bonds. The molecule has 1 saturated carbocycles. The van der Waals surface area contributed by atoms with Crippen LogP contribution in [-0.4, -0.2) is 35.6 Å². The lowest BCUT2D eigenvalue weighted by molar-refractivity contribution is 0.229. The van der Waals surface area contributed by atoms with Gasteiger partial charge in [-0.05, 0) is 50.4 Å². The second-order valence-corrected chi connectivity index (χ2v) is 6.36. The zero-order valence-electron chi connectivity index (χ0n) is 12.6. The van der Waals surface area contributed by atoms with Gasteiger partial charge in [0.15, 0.2) is 11.5 Å². The van der Waals surface area contributed by atoms with Crippen LogP contribution in [-0.2, 0) is 0 Å². The number of nitrogens with one attached hydrogen (secondary N) is 1. The van der Waals surface area contributed by atoms with E-state index in [1.165, 1.54) is 51.0 Å². The van der Waals surface area contributed by atoms with Crippen LogP contribution in [0.15, 0.2) is 22.6 Å². The summed E-state index contributed by atoms with van der Waals surface area (Å²) in [4.78, 5) is 7.15. The Morgan fingerprint density at radius 2 is 2.05 bits per heavy atom. The van der Waals surface area contributed by atoms with Crippen molar-refractivity contribution in [2.75, 3.05) is 25.0 Å². The summed E-state index contributed by atoms with van der Waals surface area (Å²) < 4.78 is 5.82. The molecule has 2 aromatic rings. The van der Waals surface area contributed by atoms with E-state index in [1.807, 2.05) is 0 Å². The van der Waals surface area contributed by atoms with Gasteiger partial charge < -0.3 is 14.6 Å². The molecule has 21 heavy (non-hydrogen) atoms. The number of rotatable bonds is 4. The highest BCUT2D eigenvalue weighted by Gasteiger charge is 2.29. The van der Waals surface area contributed by atoms with Gasteiger partial charge in [0, 0.05) is 30.7 Å². The van der Waals surface area contributed by atoms with Gasteiger partial charge in [0.2, 0.25) is 0 Å². The van der Waals surface area contributed by atoms with Gasteiger partial charge in [-0.15, -0.1) is 0 Å². The number of benzene rings is 1. The first-order chi connectivity index (χ1) is 10.3. The molecular formula is C17H23N3O. The van der Waals surface area contributed by atoms with Crippen molar-refractivity contribution in [3.63, 3.8) is 0 Å². The first kappa shape index (κ1) is 13.1. The molecule has 1 aliphatic carbocycles. The first-order valence-corrected chi connectivity index (χ1v) is 8.21. The molecule has 1 saturated heterocycles. The van der Waals surface area contributed by atoms with Crippen LogP contribution in [0.3, 0.4) is 0 Å². The first-order valence-electron chi connectivity index (χ1n) is 8.21. The number of oxazole rings is 1. The van der Waals surface area contributed by atoms with Crippen LogP contribution in [0.1, 0.15) is 44.4 Å². The SMILES string of the molecule is CCN1CCC(Nc2ccc3oc(C4CC4)nc3c2)CC1. The average molecular weight is 285 g/mol. The van der Waals surface area contributed by atoms with E-state index in [9.17, 15) is 0 Å². The third-order valence-corrected chi connectivity index (χ3v) is 4.74. The summed E-state index contributed by atoms with van der Waals surface area (Å²) in [6.45, 7) is 5.81. The molecule has 0 spiro atoms. The molecule has 1 N–H and O–H groups in total. The third kappa shape index (κ3) is 2.77. The Morgan fingerprint density at radius 1 is 1.24 bits per heavy atom. The van der Waals surface area contributed by atoms with Gasteiger partial charge in [-0.3, -0.25) is 0 Å². The molecule has 2 aliphatic rings. The maximum Gasteiger partial charge on any atom is 0.198 e. The third-order valence-electron chi connectivity index (χ3n) is 4.74. The summed E-state index contributed by atoms with van der Waals surface area (Å²) in [5.41, 5.74) is 3.09. The molecule has 2 fully saturated rings. The molecule has 2 heterocycles. The number of aromatic nitrogens is 1. The van der Waals surface area contributed by atoms with Crippen molar-refractivity contribution in [2.24, 2.45) is 0 Å². The Kier molecular flexibility index (Phi) is 3.34. The molecule has 4 nitrogen and oxygen atoms in total. The molecule has 4 heteroatoms. The van der Waals surface area contributed by atoms with Crippen LogP contribution < -0.4 is 5.32 Å². The molecule has 1 aliphatic heterocycles. The highest BCUT2D eigenvalue weighted by Crippen LogP contribution is 2.40. The maximum atomic E-state index is 5.82. The predicted molar refractivity (Wildman–Crippen MR) is 84.7 cm³/mol. The van der Waals surface area contributed by atoms with Crippen molar-refractivity contribution < 1.29 is 4.42 Å². The number of fused-ring (bicyclic) bond motifs is 1. The van der Waals surface area contributed by atoms with Crippen LogP contribution in [0, 0.1) is 0 Å². The van der Waals surface area contributed by atoms with Crippen LogP contribution in [0.25, 0.3) is 11.1 Å². The largest absolute Gasteiger partial charge is 0.440 e. The van der Waals surface area contributed by atoms with Crippen molar-refractivity contribution in [1.82, 2.24) is 9.88 Å². The Balaban J connectivity index is 1.46. The lowest BCUT2D eigenvalue weighted by atomic mass is 10.0. The second kappa shape index (κ2) is 5.34. The van der Waals surface area contributed by atoms with Crippen LogP contribution in [0.4, 0.5) is 5.69 Å². The Bertz CT molecular complexity index is 624. The summed E-state index contributed by atoms with van der Waals surface area (Å²) in [5, 5.41) is 3.66. The van der Waals surface area contributed by atoms with Crippen molar-refractivity contribution in [1.29, 1.82) is 0 Å². The molecule has 112 valence electrons. The smallest absolute Gasteiger partial charge is 0.198 e. The van der Waals surface area contributed by atoms with Gasteiger partial charge in [0.1, 0.15) is 5.52 Å². The molecule has 0 unspecified atom stereocenters. The summed E-state index contributed by atoms with van der Waals surface area (Å²) >= 11 is 0. The molecular weight excluding hydrogens is 262 g/mol. The normalized spacial score (nSPS) is 21.0. The van der Waals surface area contributed by atoms with E-state index >= 15 is 0 Å².